The van der Waals surface area contributed by atoms with Crippen molar-refractivity contribution in [3.05, 3.63) is 38.8 Å². The van der Waals surface area contributed by atoms with Crippen molar-refractivity contribution >= 4 is 16.7 Å². The highest BCUT2D eigenvalue weighted by Crippen LogP contribution is 2.20. The minimum Gasteiger partial charge on any atom is -0.391 e. The molecule has 0 radical (unpaired) electrons. The highest BCUT2D eigenvalue weighted by molar-refractivity contribution is 5.78. The number of aromatic nitrogens is 2. The topological polar surface area (TPSA) is 90.3 Å². The summed E-state index contributed by atoms with van der Waals surface area (Å²) in [5.41, 5.74) is 0.717. The Morgan fingerprint density at radius 3 is 2.68 bits per heavy atom. The Kier molecular flexibility index (Phi) is 3.39. The summed E-state index contributed by atoms with van der Waals surface area (Å²) in [4.78, 5) is 22.4. The maximum atomic E-state index is 12.1. The molecule has 1 N–H and O–H groups in total. The van der Waals surface area contributed by atoms with Crippen molar-refractivity contribution in [3.63, 3.8) is 0 Å². The number of aliphatic hydroxyl groups is 1. The Bertz CT molecular complexity index is 686. The number of nitro groups is 1. The number of aliphatic hydroxyl groups excluding tert-OH is 1. The van der Waals surface area contributed by atoms with E-state index >= 15 is 0 Å². The maximum absolute atomic E-state index is 12.1. The number of aryl methyl sites for hydroxylation is 1. The highest BCUT2D eigenvalue weighted by Gasteiger charge is 2.16. The van der Waals surface area contributed by atoms with Crippen LogP contribution < -0.4 is 5.69 Å². The van der Waals surface area contributed by atoms with E-state index in [0.717, 1.165) is 0 Å². The summed E-state index contributed by atoms with van der Waals surface area (Å²) in [5.74, 6) is 0. The van der Waals surface area contributed by atoms with Gasteiger partial charge in [-0.25, -0.2) is 4.79 Å². The Morgan fingerprint density at radius 2 is 2.11 bits per heavy atom. The number of rotatable bonds is 4. The number of hydrogen-bond acceptors (Lipinski definition) is 4. The standard InChI is InChI=1S/C12H15N3O4/c1-3-9(16)7-14-11-6-8(15(18)19)4-5-10(11)13(2)12(14)17/h4-6,9,16H,3,7H2,1-2H3. The van der Waals surface area contributed by atoms with Gasteiger partial charge >= 0.3 is 5.69 Å². The van der Waals surface area contributed by atoms with Crippen LogP contribution in [0, 0.1) is 10.1 Å². The van der Waals surface area contributed by atoms with Gasteiger partial charge in [0.25, 0.3) is 5.69 Å². The number of fused-ring (bicyclic) bond motifs is 1. The van der Waals surface area contributed by atoms with Crippen molar-refractivity contribution in [2.75, 3.05) is 0 Å². The largest absolute Gasteiger partial charge is 0.391 e. The fourth-order valence-electron chi connectivity index (χ4n) is 2.03. The fourth-order valence-corrected chi connectivity index (χ4v) is 2.03. The molecule has 0 fully saturated rings. The second kappa shape index (κ2) is 4.85. The Hall–Kier alpha value is -2.15. The van der Waals surface area contributed by atoms with Crippen molar-refractivity contribution in [1.82, 2.24) is 9.13 Å². The van der Waals surface area contributed by atoms with E-state index in [2.05, 4.69) is 0 Å². The van der Waals surface area contributed by atoms with Gasteiger partial charge < -0.3 is 5.11 Å². The van der Waals surface area contributed by atoms with E-state index in [-0.39, 0.29) is 17.9 Å². The monoisotopic (exact) mass is 265 g/mol. The average molecular weight is 265 g/mol. The van der Waals surface area contributed by atoms with Gasteiger partial charge in [0, 0.05) is 19.2 Å². The highest BCUT2D eigenvalue weighted by atomic mass is 16.6. The summed E-state index contributed by atoms with van der Waals surface area (Å²) in [5, 5.41) is 20.5. The van der Waals surface area contributed by atoms with Crippen LogP contribution in [0.15, 0.2) is 23.0 Å². The molecule has 0 aliphatic heterocycles. The zero-order valence-corrected chi connectivity index (χ0v) is 10.7. The summed E-state index contributed by atoms with van der Waals surface area (Å²) in [6.07, 6.45) is -0.139. The van der Waals surface area contributed by atoms with Crippen LogP contribution in [0.2, 0.25) is 0 Å². The molecule has 1 unspecified atom stereocenters. The van der Waals surface area contributed by atoms with Crippen molar-refractivity contribution in [2.24, 2.45) is 7.05 Å². The van der Waals surface area contributed by atoms with Crippen molar-refractivity contribution < 1.29 is 10.0 Å². The third kappa shape index (κ3) is 2.24. The van der Waals surface area contributed by atoms with Gasteiger partial charge in [-0.15, -0.1) is 0 Å². The van der Waals surface area contributed by atoms with Crippen molar-refractivity contribution in [3.8, 4) is 0 Å². The molecule has 0 saturated heterocycles. The number of nitro benzene ring substituents is 1. The molecular weight excluding hydrogens is 250 g/mol. The quantitative estimate of drug-likeness (QED) is 0.660. The van der Waals surface area contributed by atoms with Gasteiger partial charge in [0.2, 0.25) is 0 Å². The van der Waals surface area contributed by atoms with Gasteiger partial charge in [-0.05, 0) is 12.5 Å². The number of imidazole rings is 1. The van der Waals surface area contributed by atoms with Crippen LogP contribution in [0.25, 0.3) is 11.0 Å². The lowest BCUT2D eigenvalue weighted by Crippen LogP contribution is -2.27. The fraction of sp³-hybridized carbons (Fsp3) is 0.417. The Labute approximate surface area is 108 Å². The van der Waals surface area contributed by atoms with Crippen molar-refractivity contribution in [1.29, 1.82) is 0 Å². The normalized spacial score (nSPS) is 12.8. The molecule has 19 heavy (non-hydrogen) atoms. The summed E-state index contributed by atoms with van der Waals surface area (Å²) in [6.45, 7) is 1.94. The van der Waals surface area contributed by atoms with E-state index in [0.29, 0.717) is 17.5 Å². The van der Waals surface area contributed by atoms with Crippen LogP contribution in [0.3, 0.4) is 0 Å². The third-order valence-corrected chi connectivity index (χ3v) is 3.20. The molecule has 0 aliphatic carbocycles. The third-order valence-electron chi connectivity index (χ3n) is 3.20. The molecule has 0 amide bonds. The molecule has 0 aliphatic rings. The number of hydrogen-bond donors (Lipinski definition) is 1. The molecule has 1 aromatic carbocycles. The molecular formula is C12H15N3O4. The predicted molar refractivity (Wildman–Crippen MR) is 70.1 cm³/mol. The van der Waals surface area contributed by atoms with E-state index < -0.39 is 11.0 Å². The molecule has 2 rings (SSSR count). The second-order valence-corrected chi connectivity index (χ2v) is 4.44. The number of nitrogens with zero attached hydrogens (tertiary/aromatic N) is 3. The average Bonchev–Trinajstić information content (AvgIpc) is 2.63. The first kappa shape index (κ1) is 13.3. The maximum Gasteiger partial charge on any atom is 0.328 e. The smallest absolute Gasteiger partial charge is 0.328 e. The molecule has 0 bridgehead atoms. The first-order valence-electron chi connectivity index (χ1n) is 5.97. The molecule has 1 heterocycles. The van der Waals surface area contributed by atoms with Crippen LogP contribution in [-0.4, -0.2) is 25.3 Å². The Morgan fingerprint density at radius 1 is 1.42 bits per heavy atom. The lowest BCUT2D eigenvalue weighted by Gasteiger charge is -2.08. The van der Waals surface area contributed by atoms with E-state index in [9.17, 15) is 20.0 Å². The van der Waals surface area contributed by atoms with Gasteiger partial charge in [0.15, 0.2) is 0 Å². The lowest BCUT2D eigenvalue weighted by atomic mass is 10.2. The van der Waals surface area contributed by atoms with E-state index in [1.54, 1.807) is 13.1 Å². The minimum atomic E-state index is -0.650. The molecule has 0 spiro atoms. The van der Waals surface area contributed by atoms with Gasteiger partial charge in [0.1, 0.15) is 0 Å². The van der Waals surface area contributed by atoms with E-state index in [1.165, 1.54) is 21.3 Å². The number of benzene rings is 1. The lowest BCUT2D eigenvalue weighted by molar-refractivity contribution is -0.384. The summed E-state index contributed by atoms with van der Waals surface area (Å²) < 4.78 is 2.79. The van der Waals surface area contributed by atoms with Gasteiger partial charge in [-0.1, -0.05) is 6.92 Å². The molecule has 1 atom stereocenters. The number of non-ortho nitro benzene ring substituents is 1. The van der Waals surface area contributed by atoms with Crippen molar-refractivity contribution in [2.45, 2.75) is 26.0 Å². The van der Waals surface area contributed by atoms with Crippen LogP contribution in [0.4, 0.5) is 5.69 Å². The molecule has 102 valence electrons. The molecule has 1 aromatic heterocycles. The van der Waals surface area contributed by atoms with Crippen LogP contribution in [-0.2, 0) is 13.6 Å². The van der Waals surface area contributed by atoms with Crippen LogP contribution in [0.1, 0.15) is 13.3 Å². The summed E-state index contributed by atoms with van der Waals surface area (Å²) in [6, 6.07) is 4.27. The van der Waals surface area contributed by atoms with Gasteiger partial charge in [-0.2, -0.15) is 0 Å². The molecule has 2 aromatic rings. The van der Waals surface area contributed by atoms with Crippen LogP contribution >= 0.6 is 0 Å². The summed E-state index contributed by atoms with van der Waals surface area (Å²) in [7, 11) is 1.60. The first-order chi connectivity index (χ1) is 8.95. The van der Waals surface area contributed by atoms with E-state index in [4.69, 9.17) is 0 Å². The predicted octanol–water partition coefficient (Wildman–Crippen LogP) is 1.02. The SMILES string of the molecule is CCC(O)Cn1c(=O)n(C)c2ccc([N+](=O)[O-])cc21. The summed E-state index contributed by atoms with van der Waals surface area (Å²) >= 11 is 0. The first-order valence-corrected chi connectivity index (χ1v) is 5.97. The molecule has 0 saturated carbocycles. The second-order valence-electron chi connectivity index (χ2n) is 4.44. The van der Waals surface area contributed by atoms with Gasteiger partial charge in [0.05, 0.1) is 28.6 Å². The zero-order valence-electron chi connectivity index (χ0n) is 10.7. The minimum absolute atomic E-state index is 0.0714. The van der Waals surface area contributed by atoms with Gasteiger partial charge in [-0.3, -0.25) is 19.2 Å². The zero-order chi connectivity index (χ0) is 14.2. The Balaban J connectivity index is 2.66. The van der Waals surface area contributed by atoms with E-state index in [1.807, 2.05) is 6.92 Å². The van der Waals surface area contributed by atoms with Crippen LogP contribution in [0.5, 0.6) is 0 Å². The molecule has 7 nitrogen and oxygen atoms in total. The molecule has 7 heteroatoms.